The van der Waals surface area contributed by atoms with Crippen LogP contribution in [0.4, 0.5) is 0 Å². The maximum atomic E-state index is 9.87. The molecule has 0 aromatic carbocycles. The van der Waals surface area contributed by atoms with Gasteiger partial charge in [-0.1, -0.05) is 26.7 Å². The van der Waals surface area contributed by atoms with Crippen LogP contribution in [0.25, 0.3) is 0 Å². The molecule has 0 saturated heterocycles. The molecule has 3 unspecified atom stereocenters. The fraction of sp³-hybridized carbons (Fsp3) is 0.750. The van der Waals surface area contributed by atoms with E-state index in [0.717, 1.165) is 17.2 Å². The Morgan fingerprint density at radius 1 is 1.24 bits per heavy atom. The van der Waals surface area contributed by atoms with E-state index in [2.05, 4.69) is 25.6 Å². The van der Waals surface area contributed by atoms with Crippen LogP contribution in [0, 0.1) is 34.5 Å². The summed E-state index contributed by atoms with van der Waals surface area (Å²) in [6, 6.07) is 0. The normalized spacial score (nSPS) is 26.1. The number of nitrogens with one attached hydrogen (secondary N) is 2. The molecular formula is C20H35N3OS. The first-order chi connectivity index (χ1) is 12.1. The van der Waals surface area contributed by atoms with Gasteiger partial charge in [0, 0.05) is 5.92 Å². The minimum absolute atomic E-state index is 0.293. The highest BCUT2D eigenvalue weighted by Crippen LogP contribution is 2.42. The van der Waals surface area contributed by atoms with Crippen LogP contribution in [0.5, 0.6) is 0 Å². The van der Waals surface area contributed by atoms with E-state index in [9.17, 15) is 5.11 Å². The van der Waals surface area contributed by atoms with Gasteiger partial charge in [-0.25, -0.2) is 4.99 Å². The molecule has 0 spiro atoms. The van der Waals surface area contributed by atoms with Crippen LogP contribution in [0.2, 0.25) is 0 Å². The Labute approximate surface area is 157 Å². The lowest BCUT2D eigenvalue weighted by Gasteiger charge is -2.35. The molecule has 25 heavy (non-hydrogen) atoms. The molecule has 1 heterocycles. The second-order valence-electron chi connectivity index (χ2n) is 7.17. The first-order valence-corrected chi connectivity index (χ1v) is 10.5. The second kappa shape index (κ2) is 11.5. The van der Waals surface area contributed by atoms with Crippen molar-refractivity contribution in [3.63, 3.8) is 0 Å². The van der Waals surface area contributed by atoms with Gasteiger partial charge in [0.1, 0.15) is 0 Å². The van der Waals surface area contributed by atoms with Gasteiger partial charge in [0.15, 0.2) is 0 Å². The number of allylic oxidation sites excluding steroid dienone is 1. The van der Waals surface area contributed by atoms with Crippen molar-refractivity contribution in [1.29, 1.82) is 10.8 Å². The first kappa shape index (κ1) is 21.9. The summed E-state index contributed by atoms with van der Waals surface area (Å²) in [4.78, 5) is 4.40. The Hall–Kier alpha value is -1.10. The summed E-state index contributed by atoms with van der Waals surface area (Å²) in [6.45, 7) is 8.85. The quantitative estimate of drug-likeness (QED) is 0.527. The van der Waals surface area contributed by atoms with Crippen LogP contribution in [-0.4, -0.2) is 28.8 Å². The van der Waals surface area contributed by atoms with E-state index in [4.69, 9.17) is 10.8 Å². The lowest BCUT2D eigenvalue weighted by atomic mass is 9.75. The van der Waals surface area contributed by atoms with Crippen molar-refractivity contribution < 1.29 is 5.11 Å². The van der Waals surface area contributed by atoms with Gasteiger partial charge < -0.3 is 15.9 Å². The molecule has 2 saturated carbocycles. The Balaban J connectivity index is 0.000000290. The van der Waals surface area contributed by atoms with Crippen molar-refractivity contribution in [2.24, 2.45) is 28.7 Å². The third-order valence-corrected chi connectivity index (χ3v) is 6.59. The average Bonchev–Trinajstić information content (AvgIpc) is 3.50. The minimum atomic E-state index is 0.293. The van der Waals surface area contributed by atoms with Crippen LogP contribution < -0.4 is 0 Å². The summed E-state index contributed by atoms with van der Waals surface area (Å²) in [5.41, 5.74) is 1.12. The van der Waals surface area contributed by atoms with Crippen LogP contribution in [0.1, 0.15) is 65.7 Å². The number of thioether (sulfide) groups is 1. The molecule has 142 valence electrons. The van der Waals surface area contributed by atoms with E-state index in [1.165, 1.54) is 50.0 Å². The molecular weight excluding hydrogens is 330 g/mol. The number of nitrogens with zero attached hydrogens (tertiary/aromatic N) is 1. The zero-order chi connectivity index (χ0) is 18.8. The molecule has 5 heteroatoms. The van der Waals surface area contributed by atoms with Crippen LogP contribution in [-0.2, 0) is 0 Å². The SMILES string of the molecule is C=N.CC(C=N)C1CC1.CCCSC1=NC(O)=C(C)C2CCCCC12. The van der Waals surface area contributed by atoms with Gasteiger partial charge in [0.2, 0.25) is 5.88 Å². The largest absolute Gasteiger partial charge is 0.493 e. The van der Waals surface area contributed by atoms with Crippen LogP contribution in [0.15, 0.2) is 16.4 Å². The summed E-state index contributed by atoms with van der Waals surface area (Å²) in [5, 5.41) is 23.4. The molecule has 0 amide bonds. The highest BCUT2D eigenvalue weighted by molar-refractivity contribution is 8.14. The van der Waals surface area contributed by atoms with Crippen LogP contribution in [0.3, 0.4) is 0 Å². The zero-order valence-electron chi connectivity index (χ0n) is 16.1. The van der Waals surface area contributed by atoms with Crippen molar-refractivity contribution in [3.05, 3.63) is 11.5 Å². The average molecular weight is 366 g/mol. The molecule has 0 bridgehead atoms. The maximum Gasteiger partial charge on any atom is 0.210 e. The molecule has 3 rings (SSSR count). The number of hydrogen-bond donors (Lipinski definition) is 3. The van der Waals surface area contributed by atoms with E-state index in [-0.39, 0.29) is 0 Å². The van der Waals surface area contributed by atoms with Gasteiger partial charge in [-0.3, -0.25) is 0 Å². The van der Waals surface area contributed by atoms with Crippen molar-refractivity contribution in [2.45, 2.75) is 65.7 Å². The van der Waals surface area contributed by atoms with Crippen molar-refractivity contribution in [1.82, 2.24) is 0 Å². The molecule has 0 radical (unpaired) electrons. The summed E-state index contributed by atoms with van der Waals surface area (Å²) >= 11 is 1.84. The highest BCUT2D eigenvalue weighted by Gasteiger charge is 2.34. The standard InChI is InChI=1S/C13H21NOS.C6H11N.CH3N/c1-3-8-16-13-11-7-5-4-6-10(11)9(2)12(15)14-13;1-5(4-7)6-2-3-6;1-2/h10-11,15H,3-8H2,1-2H3;4-7H,2-3H2,1H3;2H,1H2. The first-order valence-electron chi connectivity index (χ1n) is 9.55. The van der Waals surface area contributed by atoms with E-state index >= 15 is 0 Å². The van der Waals surface area contributed by atoms with Gasteiger partial charge >= 0.3 is 0 Å². The predicted molar refractivity (Wildman–Crippen MR) is 111 cm³/mol. The molecule has 1 aliphatic heterocycles. The highest BCUT2D eigenvalue weighted by atomic mass is 32.2. The fourth-order valence-electron chi connectivity index (χ4n) is 3.49. The fourth-order valence-corrected chi connectivity index (χ4v) is 4.55. The number of aliphatic imine (C=N–C) groups is 1. The summed E-state index contributed by atoms with van der Waals surface area (Å²) < 4.78 is 0. The van der Waals surface area contributed by atoms with Gasteiger partial charge in [-0.05, 0) is 81.0 Å². The van der Waals surface area contributed by atoms with Gasteiger partial charge in [-0.15, -0.1) is 11.8 Å². The number of rotatable bonds is 4. The third kappa shape index (κ3) is 6.61. The van der Waals surface area contributed by atoms with E-state index in [0.29, 0.717) is 23.6 Å². The Morgan fingerprint density at radius 2 is 1.84 bits per heavy atom. The lowest BCUT2D eigenvalue weighted by molar-refractivity contribution is 0.306. The molecule has 0 aromatic rings. The molecule has 2 fully saturated rings. The number of aliphatic hydroxyl groups is 1. The van der Waals surface area contributed by atoms with E-state index in [1.54, 1.807) is 6.21 Å². The van der Waals surface area contributed by atoms with Crippen molar-refractivity contribution >= 4 is 29.7 Å². The smallest absolute Gasteiger partial charge is 0.210 e. The molecule has 0 aromatic heterocycles. The van der Waals surface area contributed by atoms with Crippen molar-refractivity contribution in [3.8, 4) is 0 Å². The Morgan fingerprint density at radius 3 is 2.32 bits per heavy atom. The van der Waals surface area contributed by atoms with Gasteiger partial charge in [0.05, 0.1) is 5.04 Å². The topological polar surface area (TPSA) is 80.3 Å². The van der Waals surface area contributed by atoms with E-state index in [1.807, 2.05) is 18.7 Å². The molecule has 3 atom stereocenters. The minimum Gasteiger partial charge on any atom is -0.493 e. The zero-order valence-corrected chi connectivity index (χ0v) is 16.9. The summed E-state index contributed by atoms with van der Waals surface area (Å²) in [6.07, 6.45) is 10.5. The second-order valence-corrected chi connectivity index (χ2v) is 8.28. The Bertz CT molecular complexity index is 485. The summed E-state index contributed by atoms with van der Waals surface area (Å²) in [5.74, 6) is 4.00. The monoisotopic (exact) mass is 365 g/mol. The molecule has 3 N–H and O–H groups in total. The van der Waals surface area contributed by atoms with Gasteiger partial charge in [0.25, 0.3) is 0 Å². The Kier molecular flexibility index (Phi) is 10.1. The number of hydrogen-bond acceptors (Lipinski definition) is 5. The maximum absolute atomic E-state index is 9.87. The molecule has 2 aliphatic carbocycles. The predicted octanol–water partition coefficient (Wildman–Crippen LogP) is 6.09. The van der Waals surface area contributed by atoms with Crippen molar-refractivity contribution in [2.75, 3.05) is 5.75 Å². The van der Waals surface area contributed by atoms with E-state index < -0.39 is 0 Å². The third-order valence-electron chi connectivity index (χ3n) is 5.29. The molecule has 4 nitrogen and oxygen atoms in total. The van der Waals surface area contributed by atoms with Gasteiger partial charge in [-0.2, -0.15) is 0 Å². The lowest BCUT2D eigenvalue weighted by Crippen LogP contribution is -2.30. The van der Waals surface area contributed by atoms with Crippen LogP contribution >= 0.6 is 11.8 Å². The summed E-state index contributed by atoms with van der Waals surface area (Å²) in [7, 11) is 0. The number of fused-ring (bicyclic) bond motifs is 1. The molecule has 3 aliphatic rings. The number of aliphatic hydroxyl groups excluding tert-OH is 1.